The van der Waals surface area contributed by atoms with Crippen LogP contribution >= 0.6 is 0 Å². The summed E-state index contributed by atoms with van der Waals surface area (Å²) >= 11 is 0. The Hall–Kier alpha value is -0.120. The van der Waals surface area contributed by atoms with E-state index >= 15 is 0 Å². The van der Waals surface area contributed by atoms with Crippen LogP contribution in [0.4, 0.5) is 0 Å². The van der Waals surface area contributed by atoms with Crippen molar-refractivity contribution in [1.29, 1.82) is 0 Å². The molecule has 3 nitrogen and oxygen atoms in total. The second-order valence-electron chi connectivity index (χ2n) is 5.70. The van der Waals surface area contributed by atoms with Crippen molar-refractivity contribution in [2.75, 3.05) is 46.8 Å². The first kappa shape index (κ1) is 15.9. The highest BCUT2D eigenvalue weighted by atomic mass is 15.2. The third kappa shape index (κ3) is 6.17. The lowest BCUT2D eigenvalue weighted by Crippen LogP contribution is -2.39. The summed E-state index contributed by atoms with van der Waals surface area (Å²) in [5.41, 5.74) is 0. The topological polar surface area (TPSA) is 18.5 Å². The van der Waals surface area contributed by atoms with Crippen molar-refractivity contribution >= 4 is 0 Å². The molecule has 1 N–H and O–H groups in total. The van der Waals surface area contributed by atoms with E-state index in [9.17, 15) is 0 Å². The minimum absolute atomic E-state index is 0.823. The summed E-state index contributed by atoms with van der Waals surface area (Å²) in [6, 6.07) is 0.823. The van der Waals surface area contributed by atoms with Crippen molar-refractivity contribution < 1.29 is 0 Å². The maximum atomic E-state index is 3.21. The molecule has 3 heteroatoms. The number of rotatable bonds is 10. The van der Waals surface area contributed by atoms with Crippen LogP contribution in [0.5, 0.6) is 0 Å². The predicted molar refractivity (Wildman–Crippen MR) is 80.2 cm³/mol. The van der Waals surface area contributed by atoms with Crippen molar-refractivity contribution in [3.8, 4) is 0 Å². The molecule has 1 fully saturated rings. The third-order valence-electron chi connectivity index (χ3n) is 4.14. The van der Waals surface area contributed by atoms with E-state index in [1.54, 1.807) is 0 Å². The van der Waals surface area contributed by atoms with Gasteiger partial charge in [-0.3, -0.25) is 4.90 Å². The molecule has 1 rings (SSSR count). The van der Waals surface area contributed by atoms with Crippen LogP contribution in [0.3, 0.4) is 0 Å². The molecule has 0 aliphatic carbocycles. The quantitative estimate of drug-likeness (QED) is 0.604. The van der Waals surface area contributed by atoms with Crippen LogP contribution in [-0.2, 0) is 0 Å². The summed E-state index contributed by atoms with van der Waals surface area (Å²) in [7, 11) is 4.33. The van der Waals surface area contributed by atoms with Gasteiger partial charge in [-0.1, -0.05) is 19.8 Å². The molecule has 0 radical (unpaired) electrons. The zero-order chi connectivity index (χ0) is 13.2. The molecule has 1 unspecified atom stereocenters. The van der Waals surface area contributed by atoms with Crippen molar-refractivity contribution in [3.05, 3.63) is 0 Å². The molecule has 1 heterocycles. The number of nitrogens with one attached hydrogen (secondary N) is 1. The van der Waals surface area contributed by atoms with Crippen LogP contribution in [0.1, 0.15) is 45.4 Å². The van der Waals surface area contributed by atoms with Gasteiger partial charge in [0.15, 0.2) is 0 Å². The fraction of sp³-hybridized carbons (Fsp3) is 1.00. The Morgan fingerprint density at radius 3 is 2.72 bits per heavy atom. The second kappa shape index (κ2) is 9.76. The molecule has 1 saturated heterocycles. The number of unbranched alkanes of at least 4 members (excludes halogenated alkanes) is 3. The first-order valence-corrected chi connectivity index (χ1v) is 7.85. The van der Waals surface area contributed by atoms with Crippen molar-refractivity contribution in [3.63, 3.8) is 0 Å². The van der Waals surface area contributed by atoms with Crippen LogP contribution in [0.15, 0.2) is 0 Å². The Morgan fingerprint density at radius 1 is 1.22 bits per heavy atom. The van der Waals surface area contributed by atoms with Gasteiger partial charge in [-0.2, -0.15) is 0 Å². The first-order valence-electron chi connectivity index (χ1n) is 7.85. The number of likely N-dealkylation sites (N-methyl/N-ethyl adjacent to an activating group) is 2. The zero-order valence-corrected chi connectivity index (χ0v) is 12.7. The lowest BCUT2D eigenvalue weighted by molar-refractivity contribution is 0.197. The largest absolute Gasteiger partial charge is 0.320 e. The Bertz CT molecular complexity index is 196. The Labute approximate surface area is 114 Å². The summed E-state index contributed by atoms with van der Waals surface area (Å²) in [6.45, 7) is 8.54. The molecule has 0 bridgehead atoms. The molecule has 0 aromatic rings. The average Bonchev–Trinajstić information content (AvgIpc) is 2.80. The second-order valence-corrected chi connectivity index (χ2v) is 5.70. The molecule has 0 spiro atoms. The first-order chi connectivity index (χ1) is 8.77. The van der Waals surface area contributed by atoms with Gasteiger partial charge in [0.05, 0.1) is 0 Å². The highest BCUT2D eigenvalue weighted by Gasteiger charge is 2.23. The highest BCUT2D eigenvalue weighted by molar-refractivity contribution is 4.80. The smallest absolute Gasteiger partial charge is 0.0223 e. The van der Waals surface area contributed by atoms with E-state index in [2.05, 4.69) is 29.1 Å². The molecule has 0 amide bonds. The molecule has 1 atom stereocenters. The van der Waals surface area contributed by atoms with Crippen LogP contribution in [0, 0.1) is 0 Å². The van der Waals surface area contributed by atoms with Gasteiger partial charge in [0.25, 0.3) is 0 Å². The van der Waals surface area contributed by atoms with Crippen LogP contribution in [-0.4, -0.2) is 62.7 Å². The van der Waals surface area contributed by atoms with E-state index in [-0.39, 0.29) is 0 Å². The number of hydrogen-bond acceptors (Lipinski definition) is 3. The van der Waals surface area contributed by atoms with Gasteiger partial charge in [0.2, 0.25) is 0 Å². The SMILES string of the molecule is CCN1CCCC1CN(C)CCCCCCNC. The van der Waals surface area contributed by atoms with Crippen molar-refractivity contribution in [2.24, 2.45) is 0 Å². The number of hydrogen-bond donors (Lipinski definition) is 1. The highest BCUT2D eigenvalue weighted by Crippen LogP contribution is 2.17. The maximum Gasteiger partial charge on any atom is 0.0223 e. The van der Waals surface area contributed by atoms with E-state index in [4.69, 9.17) is 0 Å². The van der Waals surface area contributed by atoms with Crippen LogP contribution in [0.2, 0.25) is 0 Å². The Balaban J connectivity index is 2.01. The zero-order valence-electron chi connectivity index (χ0n) is 12.7. The standard InChI is InChI=1S/C15H33N3/c1-4-18-13-9-10-15(18)14-17(3)12-8-6-5-7-11-16-2/h15-16H,4-14H2,1-3H3. The van der Waals surface area contributed by atoms with Gasteiger partial charge in [-0.15, -0.1) is 0 Å². The van der Waals surface area contributed by atoms with E-state index in [0.717, 1.165) is 6.04 Å². The fourth-order valence-corrected chi connectivity index (χ4v) is 3.01. The average molecular weight is 255 g/mol. The summed E-state index contributed by atoms with van der Waals surface area (Å²) < 4.78 is 0. The number of nitrogens with zero attached hydrogens (tertiary/aromatic N) is 2. The molecule has 0 aromatic heterocycles. The van der Waals surface area contributed by atoms with Crippen molar-refractivity contribution in [2.45, 2.75) is 51.5 Å². The molecular weight excluding hydrogens is 222 g/mol. The molecule has 0 aromatic carbocycles. The fourth-order valence-electron chi connectivity index (χ4n) is 3.01. The summed E-state index contributed by atoms with van der Waals surface area (Å²) in [5.74, 6) is 0. The molecule has 1 aliphatic heterocycles. The van der Waals surface area contributed by atoms with Gasteiger partial charge in [-0.05, 0) is 66.0 Å². The van der Waals surface area contributed by atoms with Gasteiger partial charge < -0.3 is 10.2 Å². The maximum absolute atomic E-state index is 3.21. The van der Waals surface area contributed by atoms with Gasteiger partial charge >= 0.3 is 0 Å². The molecule has 0 saturated carbocycles. The Morgan fingerprint density at radius 2 is 2.00 bits per heavy atom. The third-order valence-corrected chi connectivity index (χ3v) is 4.14. The van der Waals surface area contributed by atoms with E-state index in [1.807, 2.05) is 7.05 Å². The lowest BCUT2D eigenvalue weighted by atomic mass is 10.1. The summed E-state index contributed by atoms with van der Waals surface area (Å²) in [5, 5.41) is 3.21. The van der Waals surface area contributed by atoms with Gasteiger partial charge in [0, 0.05) is 12.6 Å². The minimum atomic E-state index is 0.823. The summed E-state index contributed by atoms with van der Waals surface area (Å²) in [6.07, 6.45) is 8.25. The molecule has 108 valence electrons. The molecule has 18 heavy (non-hydrogen) atoms. The van der Waals surface area contributed by atoms with Gasteiger partial charge in [-0.25, -0.2) is 0 Å². The van der Waals surface area contributed by atoms with Gasteiger partial charge in [0.1, 0.15) is 0 Å². The van der Waals surface area contributed by atoms with Crippen molar-refractivity contribution in [1.82, 2.24) is 15.1 Å². The van der Waals surface area contributed by atoms with E-state index in [0.29, 0.717) is 0 Å². The number of likely N-dealkylation sites (tertiary alicyclic amines) is 1. The molecular formula is C15H33N3. The summed E-state index contributed by atoms with van der Waals surface area (Å²) in [4.78, 5) is 5.18. The van der Waals surface area contributed by atoms with Crippen LogP contribution < -0.4 is 5.32 Å². The monoisotopic (exact) mass is 255 g/mol. The minimum Gasteiger partial charge on any atom is -0.320 e. The van der Waals surface area contributed by atoms with E-state index < -0.39 is 0 Å². The Kier molecular flexibility index (Phi) is 8.64. The van der Waals surface area contributed by atoms with Crippen LogP contribution in [0.25, 0.3) is 0 Å². The lowest BCUT2D eigenvalue weighted by Gasteiger charge is -2.27. The molecule has 1 aliphatic rings. The van der Waals surface area contributed by atoms with E-state index in [1.165, 1.54) is 71.2 Å². The normalized spacial score (nSPS) is 21.0. The predicted octanol–water partition coefficient (Wildman–Crippen LogP) is 2.18.